The Bertz CT molecular complexity index is 691. The van der Waals surface area contributed by atoms with Crippen molar-refractivity contribution in [3.05, 3.63) is 42.5 Å². The second-order valence-corrected chi connectivity index (χ2v) is 3.44. The minimum Gasteiger partial charge on any atom is -0.296 e. The quantitative estimate of drug-likeness (QED) is 0.609. The standard InChI is InChI=1S/C11H7N5O/c17-7-8-6-16(15-14-8)9-1-2-10-11(5-9)13-4-3-12-10/h1-7H. The van der Waals surface area contributed by atoms with Gasteiger partial charge in [-0.15, -0.1) is 5.10 Å². The van der Waals surface area contributed by atoms with E-state index in [2.05, 4.69) is 20.3 Å². The predicted octanol–water partition coefficient (Wildman–Crippen LogP) is 1.02. The summed E-state index contributed by atoms with van der Waals surface area (Å²) in [4.78, 5) is 18.9. The molecule has 0 N–H and O–H groups in total. The number of rotatable bonds is 2. The molecule has 3 aromatic rings. The number of nitrogens with zero attached hydrogens (tertiary/aromatic N) is 5. The van der Waals surface area contributed by atoms with Crippen LogP contribution in [0.2, 0.25) is 0 Å². The van der Waals surface area contributed by atoms with Crippen molar-refractivity contribution < 1.29 is 4.79 Å². The van der Waals surface area contributed by atoms with Crippen LogP contribution in [0.5, 0.6) is 0 Å². The van der Waals surface area contributed by atoms with E-state index in [1.54, 1.807) is 18.6 Å². The van der Waals surface area contributed by atoms with Crippen LogP contribution < -0.4 is 0 Å². The molecule has 0 aliphatic heterocycles. The highest BCUT2D eigenvalue weighted by Crippen LogP contribution is 2.13. The number of carbonyl (C=O) groups excluding carboxylic acids is 1. The number of fused-ring (bicyclic) bond motifs is 1. The summed E-state index contributed by atoms with van der Waals surface area (Å²) in [6.07, 6.45) is 5.49. The fourth-order valence-corrected chi connectivity index (χ4v) is 1.55. The molecule has 0 unspecified atom stereocenters. The summed E-state index contributed by atoms with van der Waals surface area (Å²) < 4.78 is 1.53. The van der Waals surface area contributed by atoms with Gasteiger partial charge >= 0.3 is 0 Å². The van der Waals surface area contributed by atoms with Crippen LogP contribution in [0, 0.1) is 0 Å². The van der Waals surface area contributed by atoms with Crippen LogP contribution in [0.25, 0.3) is 16.7 Å². The largest absolute Gasteiger partial charge is 0.296 e. The zero-order chi connectivity index (χ0) is 11.7. The van der Waals surface area contributed by atoms with Crippen molar-refractivity contribution in [3.63, 3.8) is 0 Å². The van der Waals surface area contributed by atoms with Crippen LogP contribution in [0.15, 0.2) is 36.8 Å². The molecule has 2 heterocycles. The molecule has 6 nitrogen and oxygen atoms in total. The lowest BCUT2D eigenvalue weighted by Gasteiger charge is -2.00. The van der Waals surface area contributed by atoms with Gasteiger partial charge in [-0.2, -0.15) is 0 Å². The molecule has 82 valence electrons. The summed E-state index contributed by atoms with van der Waals surface area (Å²) in [5.41, 5.74) is 2.67. The lowest BCUT2D eigenvalue weighted by Crippen LogP contribution is -1.95. The minimum absolute atomic E-state index is 0.296. The third kappa shape index (κ3) is 1.65. The second-order valence-electron chi connectivity index (χ2n) is 3.44. The molecule has 17 heavy (non-hydrogen) atoms. The molecule has 2 aromatic heterocycles. The number of carbonyl (C=O) groups is 1. The van der Waals surface area contributed by atoms with Gasteiger partial charge in [0.25, 0.3) is 0 Å². The van der Waals surface area contributed by atoms with Gasteiger partial charge in [0.1, 0.15) is 5.69 Å². The maximum absolute atomic E-state index is 10.5. The lowest BCUT2D eigenvalue weighted by atomic mass is 10.2. The van der Waals surface area contributed by atoms with Crippen LogP contribution in [0.1, 0.15) is 10.5 Å². The second kappa shape index (κ2) is 3.75. The first-order valence-electron chi connectivity index (χ1n) is 4.95. The van der Waals surface area contributed by atoms with Crippen molar-refractivity contribution in [2.45, 2.75) is 0 Å². The molecule has 0 saturated heterocycles. The van der Waals surface area contributed by atoms with E-state index in [9.17, 15) is 4.79 Å². The van der Waals surface area contributed by atoms with Crippen molar-refractivity contribution >= 4 is 17.3 Å². The average molecular weight is 225 g/mol. The molecular formula is C11H7N5O. The first-order valence-corrected chi connectivity index (χ1v) is 4.95. The van der Waals surface area contributed by atoms with E-state index in [-0.39, 0.29) is 0 Å². The molecule has 0 saturated carbocycles. The Morgan fingerprint density at radius 3 is 2.71 bits per heavy atom. The molecule has 1 aromatic carbocycles. The van der Waals surface area contributed by atoms with Gasteiger partial charge in [-0.3, -0.25) is 14.8 Å². The summed E-state index contributed by atoms with van der Waals surface area (Å²) in [6.45, 7) is 0. The summed E-state index contributed by atoms with van der Waals surface area (Å²) in [6, 6.07) is 5.53. The average Bonchev–Trinajstić information content (AvgIpc) is 2.87. The van der Waals surface area contributed by atoms with Crippen molar-refractivity contribution in [1.82, 2.24) is 25.0 Å². The summed E-state index contributed by atoms with van der Waals surface area (Å²) in [5.74, 6) is 0. The van der Waals surface area contributed by atoms with E-state index < -0.39 is 0 Å². The Morgan fingerprint density at radius 2 is 1.94 bits per heavy atom. The summed E-state index contributed by atoms with van der Waals surface area (Å²) in [7, 11) is 0. The van der Waals surface area contributed by atoms with Gasteiger partial charge in [0.05, 0.1) is 22.9 Å². The molecule has 0 atom stereocenters. The molecule has 6 heteroatoms. The third-order valence-corrected chi connectivity index (χ3v) is 2.35. The number of benzene rings is 1. The highest BCUT2D eigenvalue weighted by atomic mass is 16.1. The van der Waals surface area contributed by atoms with Crippen molar-refractivity contribution in [1.29, 1.82) is 0 Å². The van der Waals surface area contributed by atoms with Crippen LogP contribution in [0.3, 0.4) is 0 Å². The van der Waals surface area contributed by atoms with Gasteiger partial charge in [-0.05, 0) is 18.2 Å². The van der Waals surface area contributed by atoms with E-state index in [1.807, 2.05) is 18.2 Å². The Morgan fingerprint density at radius 1 is 1.12 bits per heavy atom. The molecule has 0 fully saturated rings. The molecule has 0 spiro atoms. The molecule has 0 amide bonds. The molecule has 3 rings (SSSR count). The Hall–Kier alpha value is -2.63. The zero-order valence-corrected chi connectivity index (χ0v) is 8.69. The van der Waals surface area contributed by atoms with Gasteiger partial charge in [-0.25, -0.2) is 4.68 Å². The Labute approximate surface area is 95.9 Å². The van der Waals surface area contributed by atoms with Gasteiger partial charge in [0.15, 0.2) is 6.29 Å². The van der Waals surface area contributed by atoms with E-state index in [0.29, 0.717) is 12.0 Å². The van der Waals surface area contributed by atoms with E-state index in [0.717, 1.165) is 16.7 Å². The SMILES string of the molecule is O=Cc1cn(-c2ccc3nccnc3c2)nn1. The van der Waals surface area contributed by atoms with Crippen LogP contribution >= 0.6 is 0 Å². The van der Waals surface area contributed by atoms with Crippen molar-refractivity contribution in [2.24, 2.45) is 0 Å². The molecule has 0 aliphatic carbocycles. The lowest BCUT2D eigenvalue weighted by molar-refractivity contribution is 0.111. The Kier molecular flexibility index (Phi) is 2.11. The van der Waals surface area contributed by atoms with Gasteiger partial charge in [-0.1, -0.05) is 5.21 Å². The molecule has 0 aliphatic rings. The highest BCUT2D eigenvalue weighted by Gasteiger charge is 2.03. The fourth-order valence-electron chi connectivity index (χ4n) is 1.55. The maximum Gasteiger partial charge on any atom is 0.171 e. The van der Waals surface area contributed by atoms with Crippen LogP contribution in [-0.4, -0.2) is 31.2 Å². The maximum atomic E-state index is 10.5. The first kappa shape index (κ1) is 9.59. The summed E-state index contributed by atoms with van der Waals surface area (Å²) in [5, 5.41) is 7.55. The van der Waals surface area contributed by atoms with E-state index in [4.69, 9.17) is 0 Å². The van der Waals surface area contributed by atoms with E-state index in [1.165, 1.54) is 4.68 Å². The molecule has 0 bridgehead atoms. The normalized spacial score (nSPS) is 10.6. The first-order chi connectivity index (χ1) is 8.36. The minimum atomic E-state index is 0.296. The number of aromatic nitrogens is 5. The Balaban J connectivity index is 2.14. The topological polar surface area (TPSA) is 73.6 Å². The van der Waals surface area contributed by atoms with Gasteiger partial charge < -0.3 is 0 Å². The van der Waals surface area contributed by atoms with Crippen molar-refractivity contribution in [3.8, 4) is 5.69 Å². The monoisotopic (exact) mass is 225 g/mol. The molecular weight excluding hydrogens is 218 g/mol. The highest BCUT2D eigenvalue weighted by molar-refractivity contribution is 5.76. The predicted molar refractivity (Wildman–Crippen MR) is 59.8 cm³/mol. The van der Waals surface area contributed by atoms with E-state index >= 15 is 0 Å². The van der Waals surface area contributed by atoms with Crippen molar-refractivity contribution in [2.75, 3.05) is 0 Å². The van der Waals surface area contributed by atoms with Gasteiger partial charge in [0.2, 0.25) is 0 Å². The summed E-state index contributed by atoms with van der Waals surface area (Å²) >= 11 is 0. The number of hydrogen-bond acceptors (Lipinski definition) is 5. The smallest absolute Gasteiger partial charge is 0.171 e. The number of aldehydes is 1. The van der Waals surface area contributed by atoms with Crippen LogP contribution in [0.4, 0.5) is 0 Å². The molecule has 0 radical (unpaired) electrons. The van der Waals surface area contributed by atoms with Crippen LogP contribution in [-0.2, 0) is 0 Å². The third-order valence-electron chi connectivity index (χ3n) is 2.35. The van der Waals surface area contributed by atoms with Gasteiger partial charge in [0, 0.05) is 12.4 Å². The zero-order valence-electron chi connectivity index (χ0n) is 8.69. The number of hydrogen-bond donors (Lipinski definition) is 0. The fraction of sp³-hybridized carbons (Fsp3) is 0.